The van der Waals surface area contributed by atoms with Crippen LogP contribution in [0.5, 0.6) is 11.5 Å². The summed E-state index contributed by atoms with van der Waals surface area (Å²) in [4.78, 5) is 19.4. The van der Waals surface area contributed by atoms with E-state index in [1.54, 1.807) is 17.4 Å². The summed E-state index contributed by atoms with van der Waals surface area (Å²) in [5.41, 5.74) is 2.61. The number of nitrogens with zero attached hydrogens (tertiary/aromatic N) is 2. The van der Waals surface area contributed by atoms with E-state index < -0.39 is 0 Å². The summed E-state index contributed by atoms with van der Waals surface area (Å²) in [6.07, 6.45) is 0.875. The molecule has 2 N–H and O–H groups in total. The van der Waals surface area contributed by atoms with Crippen molar-refractivity contribution in [1.29, 1.82) is 0 Å². The Balaban J connectivity index is 1.50. The number of amides is 1. The monoisotopic (exact) mass is 395 g/mol. The maximum absolute atomic E-state index is 12.9. The molecular weight excluding hydrogens is 374 g/mol. The predicted octanol–water partition coefficient (Wildman–Crippen LogP) is 3.00. The highest BCUT2D eigenvalue weighted by Gasteiger charge is 2.30. The van der Waals surface area contributed by atoms with Gasteiger partial charge in [-0.25, -0.2) is 4.98 Å². The fourth-order valence-electron chi connectivity index (χ4n) is 3.93. The van der Waals surface area contributed by atoms with Crippen LogP contribution in [0.3, 0.4) is 0 Å². The van der Waals surface area contributed by atoms with Gasteiger partial charge >= 0.3 is 0 Å². The molecule has 1 unspecified atom stereocenters. The number of para-hydroxylation sites is 1. The Bertz CT molecular complexity index is 1010. The molecule has 6 nitrogen and oxygen atoms in total. The number of aromatic nitrogens is 1. The van der Waals surface area contributed by atoms with Crippen LogP contribution in [0.15, 0.2) is 36.4 Å². The number of hydrogen-bond donors (Lipinski definition) is 2. The Morgan fingerprint density at radius 1 is 1.32 bits per heavy atom. The molecule has 2 aromatic carbocycles. The van der Waals surface area contributed by atoms with Gasteiger partial charge in [-0.2, -0.15) is 0 Å². The molecule has 0 radical (unpaired) electrons. The second-order valence-corrected chi connectivity index (χ2v) is 8.30. The Morgan fingerprint density at radius 2 is 2.21 bits per heavy atom. The van der Waals surface area contributed by atoms with Gasteiger partial charge in [0.15, 0.2) is 11.5 Å². The van der Waals surface area contributed by atoms with Crippen LogP contribution in [0.1, 0.15) is 12.0 Å². The van der Waals surface area contributed by atoms with Gasteiger partial charge in [-0.05, 0) is 37.2 Å². The van der Waals surface area contributed by atoms with E-state index in [-0.39, 0.29) is 17.6 Å². The molecule has 1 aromatic heterocycles. The molecule has 1 fully saturated rings. The Morgan fingerprint density at radius 3 is 3.04 bits per heavy atom. The van der Waals surface area contributed by atoms with Crippen molar-refractivity contribution in [1.82, 2.24) is 15.2 Å². The van der Waals surface area contributed by atoms with Gasteiger partial charge in [0, 0.05) is 24.2 Å². The summed E-state index contributed by atoms with van der Waals surface area (Å²) in [7, 11) is 0. The number of benzene rings is 2. The van der Waals surface area contributed by atoms with Crippen LogP contribution >= 0.6 is 11.3 Å². The zero-order valence-electron chi connectivity index (χ0n) is 15.4. The predicted molar refractivity (Wildman–Crippen MR) is 109 cm³/mol. The van der Waals surface area contributed by atoms with Crippen LogP contribution in [0, 0.1) is 5.92 Å². The average molecular weight is 395 g/mol. The number of rotatable bonds is 2. The molecule has 7 heteroatoms. The molecule has 5 rings (SSSR count). The fourth-order valence-corrected chi connectivity index (χ4v) is 4.88. The third-order valence-corrected chi connectivity index (χ3v) is 6.46. The first-order valence-electron chi connectivity index (χ1n) is 9.53. The van der Waals surface area contributed by atoms with Gasteiger partial charge in [-0.3, -0.25) is 4.79 Å². The molecule has 144 valence electrons. The molecule has 1 amide bonds. The number of carbonyl (C=O) groups excluding carboxylic acids is 1. The number of hydrogen-bond acceptors (Lipinski definition) is 6. The lowest BCUT2D eigenvalue weighted by molar-refractivity contribution is -0.135. The van der Waals surface area contributed by atoms with Gasteiger partial charge in [0.25, 0.3) is 0 Å². The van der Waals surface area contributed by atoms with Crippen molar-refractivity contribution in [2.75, 3.05) is 26.2 Å². The molecule has 1 saturated heterocycles. The smallest absolute Gasteiger partial charge is 0.227 e. The molecule has 28 heavy (non-hydrogen) atoms. The van der Waals surface area contributed by atoms with Gasteiger partial charge in [0.1, 0.15) is 11.6 Å². The van der Waals surface area contributed by atoms with Crippen molar-refractivity contribution >= 4 is 27.5 Å². The third-order valence-electron chi connectivity index (χ3n) is 5.38. The number of thiazole rings is 1. The van der Waals surface area contributed by atoms with Crippen LogP contribution in [0.4, 0.5) is 0 Å². The van der Waals surface area contributed by atoms with Crippen molar-refractivity contribution in [3.8, 4) is 22.1 Å². The number of aromatic hydroxyl groups is 1. The van der Waals surface area contributed by atoms with Crippen LogP contribution in [-0.4, -0.2) is 47.1 Å². The van der Waals surface area contributed by atoms with Gasteiger partial charge in [0.2, 0.25) is 5.91 Å². The second kappa shape index (κ2) is 7.07. The molecule has 0 aliphatic carbocycles. The molecule has 1 atom stereocenters. The number of carbonyl (C=O) groups is 1. The highest BCUT2D eigenvalue weighted by atomic mass is 32.1. The van der Waals surface area contributed by atoms with Crippen molar-refractivity contribution in [2.45, 2.75) is 13.0 Å². The van der Waals surface area contributed by atoms with Crippen molar-refractivity contribution in [2.24, 2.45) is 5.92 Å². The van der Waals surface area contributed by atoms with Gasteiger partial charge in [0.05, 0.1) is 22.7 Å². The first-order chi connectivity index (χ1) is 13.7. The van der Waals surface area contributed by atoms with Crippen LogP contribution in [0.25, 0.3) is 20.8 Å². The lowest BCUT2D eigenvalue weighted by atomic mass is 10.1. The van der Waals surface area contributed by atoms with Crippen molar-refractivity contribution in [3.05, 3.63) is 42.0 Å². The van der Waals surface area contributed by atoms with Gasteiger partial charge in [-0.1, -0.05) is 12.1 Å². The normalized spacial score (nSPS) is 19.3. The van der Waals surface area contributed by atoms with Crippen LogP contribution in [-0.2, 0) is 11.3 Å². The van der Waals surface area contributed by atoms with E-state index in [9.17, 15) is 9.90 Å². The minimum atomic E-state index is 0.0302. The zero-order chi connectivity index (χ0) is 19.1. The molecule has 0 spiro atoms. The Hall–Kier alpha value is -2.64. The molecule has 2 aliphatic heterocycles. The number of phenols is 1. The molecular formula is C21H21N3O3S. The number of ether oxygens (including phenoxy) is 1. The van der Waals surface area contributed by atoms with E-state index in [1.807, 2.05) is 35.2 Å². The minimum absolute atomic E-state index is 0.0302. The van der Waals surface area contributed by atoms with E-state index >= 15 is 0 Å². The lowest BCUT2D eigenvalue weighted by Gasteiger charge is -2.23. The number of nitrogens with one attached hydrogen (secondary N) is 1. The summed E-state index contributed by atoms with van der Waals surface area (Å²) in [5, 5.41) is 14.7. The highest BCUT2D eigenvalue weighted by Crippen LogP contribution is 2.39. The summed E-state index contributed by atoms with van der Waals surface area (Å²) in [5.74, 6) is 0.766. The SMILES string of the molecule is O=C(C1CCNC1)N1CCOc2c(O)cc(-c3nc4ccccc4s3)cc2C1. The largest absolute Gasteiger partial charge is 0.504 e. The molecule has 3 heterocycles. The Labute approximate surface area is 166 Å². The Kier molecular flexibility index (Phi) is 4.41. The van der Waals surface area contributed by atoms with Crippen LogP contribution < -0.4 is 10.1 Å². The fraction of sp³-hybridized carbons (Fsp3) is 0.333. The van der Waals surface area contributed by atoms with Gasteiger partial charge in [-0.15, -0.1) is 11.3 Å². The van der Waals surface area contributed by atoms with E-state index in [0.29, 0.717) is 25.4 Å². The quantitative estimate of drug-likeness (QED) is 0.698. The second-order valence-electron chi connectivity index (χ2n) is 7.27. The van der Waals surface area contributed by atoms with E-state index in [0.717, 1.165) is 45.9 Å². The van der Waals surface area contributed by atoms with Gasteiger partial charge < -0.3 is 20.1 Å². The first kappa shape index (κ1) is 17.5. The molecule has 2 aliphatic rings. The minimum Gasteiger partial charge on any atom is -0.504 e. The molecule has 3 aromatic rings. The van der Waals surface area contributed by atoms with Crippen molar-refractivity contribution < 1.29 is 14.6 Å². The zero-order valence-corrected chi connectivity index (χ0v) is 16.2. The van der Waals surface area contributed by atoms with E-state index in [1.165, 1.54) is 0 Å². The highest BCUT2D eigenvalue weighted by molar-refractivity contribution is 7.21. The maximum atomic E-state index is 12.9. The molecule has 0 bridgehead atoms. The van der Waals surface area contributed by atoms with E-state index in [4.69, 9.17) is 9.72 Å². The number of phenolic OH excluding ortho intramolecular Hbond substituents is 1. The lowest BCUT2D eigenvalue weighted by Crippen LogP contribution is -2.37. The standard InChI is InChI=1S/C21H21N3O3S/c25-17-10-14(20-23-16-3-1-2-4-18(16)28-20)9-15-12-24(7-8-27-19(15)17)21(26)13-5-6-22-11-13/h1-4,9-10,13,22,25H,5-8,11-12H2. The van der Waals surface area contributed by atoms with Crippen LogP contribution in [0.2, 0.25) is 0 Å². The number of fused-ring (bicyclic) bond motifs is 2. The summed E-state index contributed by atoms with van der Waals surface area (Å²) in [6, 6.07) is 11.7. The third kappa shape index (κ3) is 3.10. The maximum Gasteiger partial charge on any atom is 0.227 e. The molecule has 0 saturated carbocycles. The summed E-state index contributed by atoms with van der Waals surface area (Å²) in [6.45, 7) is 2.98. The topological polar surface area (TPSA) is 74.7 Å². The average Bonchev–Trinajstić information content (AvgIpc) is 3.33. The first-order valence-corrected chi connectivity index (χ1v) is 10.3. The summed E-state index contributed by atoms with van der Waals surface area (Å²) >= 11 is 1.59. The summed E-state index contributed by atoms with van der Waals surface area (Å²) < 4.78 is 6.90. The van der Waals surface area contributed by atoms with E-state index in [2.05, 4.69) is 5.32 Å². The van der Waals surface area contributed by atoms with Crippen molar-refractivity contribution in [3.63, 3.8) is 0 Å².